The average Bonchev–Trinajstić information content (AvgIpc) is 3.28. The van der Waals surface area contributed by atoms with Gasteiger partial charge in [0.05, 0.1) is 12.8 Å². The molecule has 4 rings (SSSR count). The van der Waals surface area contributed by atoms with Crippen LogP contribution < -0.4 is 4.74 Å². The molecule has 2 unspecified atom stereocenters. The summed E-state index contributed by atoms with van der Waals surface area (Å²) in [6.45, 7) is 3.38. The van der Waals surface area contributed by atoms with E-state index in [1.807, 2.05) is 6.92 Å². The van der Waals surface area contributed by atoms with Crippen LogP contribution in [0.5, 0.6) is 6.01 Å². The summed E-state index contributed by atoms with van der Waals surface area (Å²) in [4.78, 5) is 8.63. The summed E-state index contributed by atoms with van der Waals surface area (Å²) in [7, 11) is -1.81. The molecule has 0 spiro atoms. The molecule has 1 saturated heterocycles. The van der Waals surface area contributed by atoms with Gasteiger partial charge in [-0.2, -0.15) is 9.40 Å². The molecule has 26 heavy (non-hydrogen) atoms. The van der Waals surface area contributed by atoms with Gasteiger partial charge in [0, 0.05) is 44.1 Å². The van der Waals surface area contributed by atoms with Crippen LogP contribution in [0.15, 0.2) is 29.7 Å². The highest BCUT2D eigenvalue weighted by Crippen LogP contribution is 2.50. The quantitative estimate of drug-likeness (QED) is 0.782. The third-order valence-electron chi connectivity index (χ3n) is 5.57. The van der Waals surface area contributed by atoms with Crippen LogP contribution in [0.3, 0.4) is 0 Å². The van der Waals surface area contributed by atoms with Crippen LogP contribution in [0, 0.1) is 18.3 Å². The molecule has 9 heteroatoms. The fourth-order valence-corrected chi connectivity index (χ4v) is 5.70. The Kier molecular flexibility index (Phi) is 4.23. The Balaban J connectivity index is 1.52. The van der Waals surface area contributed by atoms with Crippen LogP contribution in [-0.2, 0) is 17.1 Å². The zero-order valence-corrected chi connectivity index (χ0v) is 15.8. The number of fused-ring (bicyclic) bond motifs is 1. The van der Waals surface area contributed by atoms with Gasteiger partial charge in [0.25, 0.3) is 0 Å². The number of hydrogen-bond acceptors (Lipinski definition) is 6. The fourth-order valence-electron chi connectivity index (χ4n) is 4.13. The monoisotopic (exact) mass is 377 g/mol. The van der Waals surface area contributed by atoms with Crippen LogP contribution in [0.1, 0.15) is 24.8 Å². The van der Waals surface area contributed by atoms with Crippen LogP contribution >= 0.6 is 0 Å². The number of aromatic nitrogens is 4. The number of ether oxygens (including phenoxy) is 1. The highest BCUT2D eigenvalue weighted by atomic mass is 32.2. The topological polar surface area (TPSA) is 90.2 Å². The molecule has 1 aliphatic carbocycles. The number of sulfonamides is 1. The van der Waals surface area contributed by atoms with Crippen molar-refractivity contribution in [2.75, 3.05) is 19.7 Å². The van der Waals surface area contributed by atoms with Gasteiger partial charge in [0.2, 0.25) is 10.0 Å². The van der Waals surface area contributed by atoms with Crippen LogP contribution in [0.25, 0.3) is 0 Å². The van der Waals surface area contributed by atoms with Crippen molar-refractivity contribution >= 4 is 10.0 Å². The summed E-state index contributed by atoms with van der Waals surface area (Å²) in [5.41, 5.74) is 0.813. The van der Waals surface area contributed by atoms with Gasteiger partial charge in [0.15, 0.2) is 0 Å². The first-order valence-corrected chi connectivity index (χ1v) is 10.2. The number of hydrogen-bond donors (Lipinski definition) is 0. The lowest BCUT2D eigenvalue weighted by molar-refractivity contribution is 0.126. The van der Waals surface area contributed by atoms with Crippen molar-refractivity contribution in [3.8, 4) is 6.01 Å². The minimum atomic E-state index is -3.52. The van der Waals surface area contributed by atoms with E-state index >= 15 is 0 Å². The minimum absolute atomic E-state index is 0.163. The Bertz CT molecular complexity index is 895. The van der Waals surface area contributed by atoms with Crippen molar-refractivity contribution in [1.29, 1.82) is 0 Å². The molecule has 2 aromatic rings. The van der Waals surface area contributed by atoms with Crippen molar-refractivity contribution < 1.29 is 13.2 Å². The Hall–Kier alpha value is -2.00. The third kappa shape index (κ3) is 2.99. The Morgan fingerprint density at radius 3 is 2.77 bits per heavy atom. The van der Waals surface area contributed by atoms with E-state index in [-0.39, 0.29) is 10.3 Å². The van der Waals surface area contributed by atoms with Gasteiger partial charge >= 0.3 is 6.01 Å². The van der Waals surface area contributed by atoms with Gasteiger partial charge in [-0.05, 0) is 31.2 Å². The first-order valence-electron chi connectivity index (χ1n) is 8.79. The summed E-state index contributed by atoms with van der Waals surface area (Å²) in [6, 6.07) is 0.351. The fraction of sp³-hybridized carbons (Fsp3) is 0.588. The highest BCUT2D eigenvalue weighted by molar-refractivity contribution is 7.89. The van der Waals surface area contributed by atoms with Crippen molar-refractivity contribution in [3.63, 3.8) is 0 Å². The lowest BCUT2D eigenvalue weighted by Crippen LogP contribution is -2.35. The predicted octanol–water partition coefficient (Wildman–Crippen LogP) is 1.39. The van der Waals surface area contributed by atoms with E-state index in [1.165, 1.54) is 10.9 Å². The van der Waals surface area contributed by atoms with Gasteiger partial charge in [-0.15, -0.1) is 0 Å². The molecule has 1 saturated carbocycles. The largest absolute Gasteiger partial charge is 0.463 e. The molecule has 0 bridgehead atoms. The zero-order valence-electron chi connectivity index (χ0n) is 15.0. The summed E-state index contributed by atoms with van der Waals surface area (Å²) in [6.07, 6.45) is 9.49. The molecule has 2 aromatic heterocycles. The summed E-state index contributed by atoms with van der Waals surface area (Å²) >= 11 is 0. The Morgan fingerprint density at radius 1 is 1.31 bits per heavy atom. The maximum Gasteiger partial charge on any atom is 0.316 e. The van der Waals surface area contributed by atoms with Gasteiger partial charge in [0.1, 0.15) is 4.90 Å². The van der Waals surface area contributed by atoms with Crippen molar-refractivity contribution in [2.45, 2.75) is 31.1 Å². The zero-order chi connectivity index (χ0) is 18.4. The molecule has 0 radical (unpaired) electrons. The maximum absolute atomic E-state index is 12.9. The Morgan fingerprint density at radius 2 is 2.08 bits per heavy atom. The molecule has 2 aliphatic rings. The maximum atomic E-state index is 12.9. The molecule has 0 amide bonds. The van der Waals surface area contributed by atoms with E-state index in [1.54, 1.807) is 29.9 Å². The number of rotatable bonds is 5. The predicted molar refractivity (Wildman–Crippen MR) is 94.0 cm³/mol. The van der Waals surface area contributed by atoms with Crippen molar-refractivity contribution in [1.82, 2.24) is 24.1 Å². The lowest BCUT2D eigenvalue weighted by atomic mass is 9.82. The van der Waals surface area contributed by atoms with E-state index < -0.39 is 10.0 Å². The lowest BCUT2D eigenvalue weighted by Gasteiger charge is -2.28. The van der Waals surface area contributed by atoms with Crippen molar-refractivity contribution in [2.24, 2.45) is 18.4 Å². The van der Waals surface area contributed by atoms with E-state index in [2.05, 4.69) is 15.1 Å². The van der Waals surface area contributed by atoms with E-state index in [0.29, 0.717) is 31.6 Å². The molecule has 140 valence electrons. The number of nitrogens with zero attached hydrogens (tertiary/aromatic N) is 5. The third-order valence-corrected chi connectivity index (χ3v) is 7.34. The van der Waals surface area contributed by atoms with Gasteiger partial charge in [-0.3, -0.25) is 4.68 Å². The molecule has 8 nitrogen and oxygen atoms in total. The first kappa shape index (κ1) is 17.4. The van der Waals surface area contributed by atoms with Crippen molar-refractivity contribution in [3.05, 3.63) is 30.4 Å². The highest BCUT2D eigenvalue weighted by Gasteiger charge is 2.53. The normalized spacial score (nSPS) is 26.2. The second-order valence-corrected chi connectivity index (χ2v) is 9.37. The summed E-state index contributed by atoms with van der Waals surface area (Å²) < 4.78 is 34.8. The minimum Gasteiger partial charge on any atom is -0.463 e. The van der Waals surface area contributed by atoms with Crippen LogP contribution in [-0.4, -0.2) is 52.2 Å². The van der Waals surface area contributed by atoms with E-state index in [9.17, 15) is 8.42 Å². The van der Waals surface area contributed by atoms with Crippen LogP contribution in [0.4, 0.5) is 0 Å². The summed E-state index contributed by atoms with van der Waals surface area (Å²) in [5, 5.41) is 4.00. The Labute approximate surface area is 153 Å². The molecule has 3 heterocycles. The molecule has 0 N–H and O–H groups in total. The molecule has 2 atom stereocenters. The smallest absolute Gasteiger partial charge is 0.316 e. The van der Waals surface area contributed by atoms with Crippen LogP contribution in [0.2, 0.25) is 0 Å². The first-order chi connectivity index (χ1) is 12.4. The average molecular weight is 377 g/mol. The van der Waals surface area contributed by atoms with Gasteiger partial charge < -0.3 is 4.74 Å². The SMILES string of the molecule is Cc1cnc(OCC23CCCC2CN(S(=O)(=O)c2cnn(C)c2)C3)nc1. The molecule has 1 aliphatic heterocycles. The second-order valence-electron chi connectivity index (χ2n) is 7.43. The second kappa shape index (κ2) is 6.31. The van der Waals surface area contributed by atoms with Gasteiger partial charge in [-0.25, -0.2) is 18.4 Å². The molecular formula is C17H23N5O3S. The van der Waals surface area contributed by atoms with E-state index in [0.717, 1.165) is 24.8 Å². The molecular weight excluding hydrogens is 354 g/mol. The van der Waals surface area contributed by atoms with Gasteiger partial charge in [-0.1, -0.05) is 6.42 Å². The standard InChI is InChI=1S/C17H23N5O3S/c1-13-6-18-16(19-7-13)25-12-17-5-3-4-14(17)9-22(11-17)26(23,24)15-8-20-21(2)10-15/h6-8,10,14H,3-5,9,11-12H2,1-2H3. The van der Waals surface area contributed by atoms with E-state index in [4.69, 9.17) is 4.74 Å². The number of aryl methyl sites for hydroxylation is 2. The molecule has 2 fully saturated rings. The summed E-state index contributed by atoms with van der Waals surface area (Å²) in [5.74, 6) is 0.305. The molecule has 0 aromatic carbocycles.